The molecular formula is C17H15ClFN3O. The first kappa shape index (κ1) is 15.4. The first-order chi connectivity index (χ1) is 11.0. The molecule has 0 saturated carbocycles. The Balaban J connectivity index is 1.73. The highest BCUT2D eigenvalue weighted by molar-refractivity contribution is 6.30. The Labute approximate surface area is 137 Å². The van der Waals surface area contributed by atoms with E-state index in [-0.39, 0.29) is 18.1 Å². The number of amides is 1. The summed E-state index contributed by atoms with van der Waals surface area (Å²) in [5.41, 5.74) is 8.56. The molecule has 1 heterocycles. The van der Waals surface area contributed by atoms with Gasteiger partial charge in [0.1, 0.15) is 5.82 Å². The number of nitrogens with one attached hydrogen (secondary N) is 3. The fourth-order valence-corrected chi connectivity index (χ4v) is 2.69. The van der Waals surface area contributed by atoms with Gasteiger partial charge in [0, 0.05) is 21.6 Å². The lowest BCUT2D eigenvalue weighted by atomic mass is 10.1. The van der Waals surface area contributed by atoms with Crippen molar-refractivity contribution in [3.8, 4) is 0 Å². The van der Waals surface area contributed by atoms with Crippen molar-refractivity contribution in [3.05, 3.63) is 64.6 Å². The zero-order valence-electron chi connectivity index (χ0n) is 12.4. The van der Waals surface area contributed by atoms with Gasteiger partial charge in [-0.05, 0) is 48.9 Å². The normalized spacial score (nSPS) is 10.7. The van der Waals surface area contributed by atoms with Gasteiger partial charge in [-0.25, -0.2) is 4.39 Å². The largest absolute Gasteiger partial charge is 0.358 e. The number of H-pyrrole nitrogens is 1. The fraction of sp³-hybridized carbons (Fsp3) is 0.118. The van der Waals surface area contributed by atoms with Crippen molar-refractivity contribution in [1.29, 1.82) is 0 Å². The van der Waals surface area contributed by atoms with Crippen LogP contribution >= 0.6 is 11.6 Å². The third-order valence-electron chi connectivity index (χ3n) is 3.59. The number of hydrogen-bond acceptors (Lipinski definition) is 2. The highest BCUT2D eigenvalue weighted by Gasteiger charge is 2.13. The smallest absolute Gasteiger partial charge is 0.242 e. The lowest BCUT2D eigenvalue weighted by molar-refractivity contribution is -0.119. The predicted molar refractivity (Wildman–Crippen MR) is 89.9 cm³/mol. The van der Waals surface area contributed by atoms with Crippen LogP contribution in [0.15, 0.2) is 42.5 Å². The molecule has 0 atom stereocenters. The van der Waals surface area contributed by atoms with Crippen LogP contribution < -0.4 is 10.9 Å². The van der Waals surface area contributed by atoms with Crippen molar-refractivity contribution < 1.29 is 9.18 Å². The Morgan fingerprint density at radius 2 is 2.09 bits per heavy atom. The summed E-state index contributed by atoms with van der Waals surface area (Å²) in [5.74, 6) is -0.548. The number of hydrogen-bond donors (Lipinski definition) is 3. The summed E-state index contributed by atoms with van der Waals surface area (Å²) in [6.07, 6.45) is 0.142. The molecule has 23 heavy (non-hydrogen) atoms. The Morgan fingerprint density at radius 1 is 1.26 bits per heavy atom. The summed E-state index contributed by atoms with van der Waals surface area (Å²) in [4.78, 5) is 15.3. The second-order valence-corrected chi connectivity index (χ2v) is 5.72. The molecule has 0 aliphatic rings. The second kappa shape index (κ2) is 6.30. The molecule has 0 spiro atoms. The summed E-state index contributed by atoms with van der Waals surface area (Å²) in [6.45, 7) is 1.87. The zero-order chi connectivity index (χ0) is 16.4. The number of carbonyl (C=O) groups is 1. The van der Waals surface area contributed by atoms with Gasteiger partial charge in [0.2, 0.25) is 5.91 Å². The fourth-order valence-electron chi connectivity index (χ4n) is 2.50. The van der Waals surface area contributed by atoms with Gasteiger partial charge in [0.05, 0.1) is 12.1 Å². The Hall–Kier alpha value is -2.53. The highest BCUT2D eigenvalue weighted by Crippen LogP contribution is 2.23. The molecule has 0 aliphatic carbocycles. The van der Waals surface area contributed by atoms with E-state index in [9.17, 15) is 9.18 Å². The number of rotatable bonds is 4. The molecule has 0 aliphatic heterocycles. The van der Waals surface area contributed by atoms with Crippen LogP contribution in [0.25, 0.3) is 10.9 Å². The Morgan fingerprint density at radius 3 is 2.87 bits per heavy atom. The predicted octanol–water partition coefficient (Wildman–Crippen LogP) is 3.95. The molecule has 3 aromatic rings. The zero-order valence-corrected chi connectivity index (χ0v) is 13.2. The lowest BCUT2D eigenvalue weighted by Crippen LogP contribution is -2.30. The molecule has 118 valence electrons. The molecule has 0 fully saturated rings. The van der Waals surface area contributed by atoms with Crippen molar-refractivity contribution in [1.82, 2.24) is 10.4 Å². The maximum atomic E-state index is 13.4. The maximum Gasteiger partial charge on any atom is 0.242 e. The number of aromatic amines is 1. The third kappa shape index (κ3) is 3.46. The molecule has 0 radical (unpaired) electrons. The van der Waals surface area contributed by atoms with E-state index in [0.29, 0.717) is 10.7 Å². The van der Waals surface area contributed by atoms with E-state index in [2.05, 4.69) is 15.8 Å². The van der Waals surface area contributed by atoms with E-state index in [1.54, 1.807) is 30.3 Å². The molecule has 4 nitrogen and oxygen atoms in total. The Bertz CT molecular complexity index is 875. The molecule has 6 heteroatoms. The van der Waals surface area contributed by atoms with Crippen LogP contribution in [-0.4, -0.2) is 10.9 Å². The average molecular weight is 332 g/mol. The molecule has 1 amide bonds. The van der Waals surface area contributed by atoms with Gasteiger partial charge < -0.3 is 4.98 Å². The van der Waals surface area contributed by atoms with Crippen LogP contribution in [0, 0.1) is 12.7 Å². The van der Waals surface area contributed by atoms with Gasteiger partial charge in [-0.2, -0.15) is 0 Å². The van der Waals surface area contributed by atoms with Crippen molar-refractivity contribution in [3.63, 3.8) is 0 Å². The van der Waals surface area contributed by atoms with E-state index < -0.39 is 0 Å². The molecule has 0 bridgehead atoms. The Kier molecular flexibility index (Phi) is 4.21. The van der Waals surface area contributed by atoms with Crippen molar-refractivity contribution >= 4 is 34.1 Å². The maximum absolute atomic E-state index is 13.4. The van der Waals surface area contributed by atoms with Crippen molar-refractivity contribution in [2.75, 3.05) is 5.43 Å². The molecule has 3 rings (SSSR count). The molecular weight excluding hydrogens is 317 g/mol. The van der Waals surface area contributed by atoms with Crippen molar-refractivity contribution in [2.24, 2.45) is 0 Å². The number of fused-ring (bicyclic) bond motifs is 1. The van der Waals surface area contributed by atoms with Gasteiger partial charge in [-0.1, -0.05) is 17.7 Å². The number of carbonyl (C=O) groups excluding carboxylic acids is 1. The van der Waals surface area contributed by atoms with E-state index >= 15 is 0 Å². The van der Waals surface area contributed by atoms with Gasteiger partial charge in [-0.15, -0.1) is 0 Å². The van der Waals surface area contributed by atoms with Crippen molar-refractivity contribution in [2.45, 2.75) is 13.3 Å². The highest BCUT2D eigenvalue weighted by atomic mass is 35.5. The van der Waals surface area contributed by atoms with Gasteiger partial charge in [-0.3, -0.25) is 15.6 Å². The van der Waals surface area contributed by atoms with Gasteiger partial charge in [0.25, 0.3) is 0 Å². The van der Waals surface area contributed by atoms with E-state index in [0.717, 1.165) is 22.2 Å². The quantitative estimate of drug-likeness (QED) is 0.634. The monoisotopic (exact) mass is 331 g/mol. The number of benzene rings is 2. The number of anilines is 1. The first-order valence-corrected chi connectivity index (χ1v) is 7.48. The van der Waals surface area contributed by atoms with Crippen LogP contribution in [-0.2, 0) is 11.2 Å². The first-order valence-electron chi connectivity index (χ1n) is 7.10. The minimum Gasteiger partial charge on any atom is -0.358 e. The molecule has 3 N–H and O–H groups in total. The van der Waals surface area contributed by atoms with Crippen LogP contribution in [0.4, 0.5) is 10.1 Å². The average Bonchev–Trinajstić information content (AvgIpc) is 2.81. The molecule has 1 aromatic heterocycles. The van der Waals surface area contributed by atoms with Crippen LogP contribution in [0.2, 0.25) is 5.02 Å². The van der Waals surface area contributed by atoms with Crippen LogP contribution in [0.1, 0.15) is 11.3 Å². The number of aryl methyl sites for hydroxylation is 1. The lowest BCUT2D eigenvalue weighted by Gasteiger charge is -2.09. The van der Waals surface area contributed by atoms with Gasteiger partial charge >= 0.3 is 0 Å². The number of aromatic nitrogens is 1. The number of halogens is 2. The topological polar surface area (TPSA) is 56.9 Å². The molecule has 0 unspecified atom stereocenters. The minimum absolute atomic E-state index is 0.142. The van der Waals surface area contributed by atoms with E-state index in [4.69, 9.17) is 11.6 Å². The standard InChI is InChI=1S/C17H15ClFN3O/c1-10-14(15-8-12(19)5-6-16(15)20-10)9-17(23)22-21-13-4-2-3-11(18)7-13/h2-8,20-21H,9H2,1H3,(H,22,23). The van der Waals surface area contributed by atoms with Crippen LogP contribution in [0.5, 0.6) is 0 Å². The van der Waals surface area contributed by atoms with Gasteiger partial charge in [0.15, 0.2) is 0 Å². The summed E-state index contributed by atoms with van der Waals surface area (Å²) in [6, 6.07) is 11.5. The third-order valence-corrected chi connectivity index (χ3v) is 3.82. The SMILES string of the molecule is Cc1[nH]c2ccc(F)cc2c1CC(=O)NNc1cccc(Cl)c1. The van der Waals surface area contributed by atoms with Crippen LogP contribution in [0.3, 0.4) is 0 Å². The second-order valence-electron chi connectivity index (χ2n) is 5.28. The summed E-state index contributed by atoms with van der Waals surface area (Å²) in [5, 5.41) is 1.30. The van der Waals surface area contributed by atoms with E-state index in [1.165, 1.54) is 12.1 Å². The summed E-state index contributed by atoms with van der Waals surface area (Å²) >= 11 is 5.88. The number of hydrazine groups is 1. The van der Waals surface area contributed by atoms with E-state index in [1.807, 2.05) is 6.92 Å². The molecule has 2 aromatic carbocycles. The molecule has 0 saturated heterocycles. The summed E-state index contributed by atoms with van der Waals surface area (Å²) < 4.78 is 13.4. The summed E-state index contributed by atoms with van der Waals surface area (Å²) in [7, 11) is 0. The minimum atomic E-state index is -0.324.